The summed E-state index contributed by atoms with van der Waals surface area (Å²) in [7, 11) is 1.74. The van der Waals surface area contributed by atoms with Crippen LogP contribution in [-0.4, -0.2) is 44.8 Å². The summed E-state index contributed by atoms with van der Waals surface area (Å²) in [6, 6.07) is 10.3. The minimum absolute atomic E-state index is 0.00766. The molecule has 0 aromatic heterocycles. The molecule has 3 N–H and O–H groups in total. The Morgan fingerprint density at radius 1 is 1.20 bits per heavy atom. The maximum Gasteiger partial charge on any atom is 0.407 e. The van der Waals surface area contributed by atoms with Gasteiger partial charge in [0, 0.05) is 26.2 Å². The molecular weight excluding hydrogens is 316 g/mol. The van der Waals surface area contributed by atoms with Crippen molar-refractivity contribution in [2.45, 2.75) is 39.7 Å². The first-order chi connectivity index (χ1) is 12.0. The number of benzene rings is 1. The standard InChI is InChI=1S/C19H32N4O2/c1-5-25-19(24)23-17(13-15(2)3)14-22-18(20-4)21-12-11-16-9-7-6-8-10-16/h6-10,15,17H,5,11-14H2,1-4H3,(H,23,24)(H2,20,21,22). The molecular formula is C19H32N4O2. The lowest BCUT2D eigenvalue weighted by Gasteiger charge is -2.22. The molecule has 0 saturated carbocycles. The van der Waals surface area contributed by atoms with Gasteiger partial charge in [-0.25, -0.2) is 4.79 Å². The summed E-state index contributed by atoms with van der Waals surface area (Å²) in [5.74, 6) is 1.21. The molecule has 6 heteroatoms. The lowest BCUT2D eigenvalue weighted by atomic mass is 10.0. The molecule has 0 fully saturated rings. The summed E-state index contributed by atoms with van der Waals surface area (Å²) in [6.07, 6.45) is 1.42. The summed E-state index contributed by atoms with van der Waals surface area (Å²) in [6.45, 7) is 7.83. The van der Waals surface area contributed by atoms with E-state index in [1.165, 1.54) is 5.56 Å². The fourth-order valence-electron chi connectivity index (χ4n) is 2.51. The summed E-state index contributed by atoms with van der Waals surface area (Å²) in [5.41, 5.74) is 1.28. The van der Waals surface area contributed by atoms with Crippen molar-refractivity contribution < 1.29 is 9.53 Å². The topological polar surface area (TPSA) is 74.8 Å². The van der Waals surface area contributed by atoms with Gasteiger partial charge in [-0.1, -0.05) is 44.2 Å². The number of rotatable bonds is 9. The van der Waals surface area contributed by atoms with Gasteiger partial charge in [-0.2, -0.15) is 0 Å². The van der Waals surface area contributed by atoms with Gasteiger partial charge in [0.15, 0.2) is 5.96 Å². The van der Waals surface area contributed by atoms with Gasteiger partial charge >= 0.3 is 6.09 Å². The molecule has 0 aliphatic carbocycles. The fraction of sp³-hybridized carbons (Fsp3) is 0.579. The normalized spacial score (nSPS) is 12.6. The van der Waals surface area contributed by atoms with Crippen LogP contribution in [0, 0.1) is 5.92 Å². The van der Waals surface area contributed by atoms with Crippen LogP contribution in [0.15, 0.2) is 35.3 Å². The van der Waals surface area contributed by atoms with Crippen LogP contribution in [0.5, 0.6) is 0 Å². The number of carbonyl (C=O) groups excluding carboxylic acids is 1. The molecule has 140 valence electrons. The van der Waals surface area contributed by atoms with E-state index < -0.39 is 0 Å². The molecule has 0 radical (unpaired) electrons. The molecule has 1 unspecified atom stereocenters. The van der Waals surface area contributed by atoms with Crippen molar-refractivity contribution in [1.29, 1.82) is 0 Å². The number of guanidine groups is 1. The van der Waals surface area contributed by atoms with Crippen LogP contribution in [0.1, 0.15) is 32.8 Å². The molecule has 0 aliphatic heterocycles. The first kappa shape index (κ1) is 20.8. The average Bonchev–Trinajstić information content (AvgIpc) is 2.58. The number of alkyl carbamates (subject to hydrolysis) is 1. The predicted molar refractivity (Wildman–Crippen MR) is 103 cm³/mol. The van der Waals surface area contributed by atoms with Crippen molar-refractivity contribution >= 4 is 12.1 Å². The van der Waals surface area contributed by atoms with Crippen LogP contribution < -0.4 is 16.0 Å². The lowest BCUT2D eigenvalue weighted by molar-refractivity contribution is 0.146. The van der Waals surface area contributed by atoms with Crippen molar-refractivity contribution in [3.63, 3.8) is 0 Å². The van der Waals surface area contributed by atoms with Crippen molar-refractivity contribution in [2.24, 2.45) is 10.9 Å². The minimum Gasteiger partial charge on any atom is -0.450 e. The third-order valence-electron chi connectivity index (χ3n) is 3.64. The highest BCUT2D eigenvalue weighted by Crippen LogP contribution is 2.04. The first-order valence-corrected chi connectivity index (χ1v) is 8.96. The summed E-state index contributed by atoms with van der Waals surface area (Å²) >= 11 is 0. The zero-order valence-electron chi connectivity index (χ0n) is 15.8. The Kier molecular flexibility index (Phi) is 10.1. The average molecular weight is 348 g/mol. The van der Waals surface area contributed by atoms with Crippen molar-refractivity contribution in [1.82, 2.24) is 16.0 Å². The van der Waals surface area contributed by atoms with Crippen LogP contribution >= 0.6 is 0 Å². The first-order valence-electron chi connectivity index (χ1n) is 8.96. The van der Waals surface area contributed by atoms with E-state index in [2.05, 4.69) is 46.9 Å². The molecule has 0 spiro atoms. The van der Waals surface area contributed by atoms with E-state index in [-0.39, 0.29) is 12.1 Å². The second-order valence-electron chi connectivity index (χ2n) is 6.31. The lowest BCUT2D eigenvalue weighted by Crippen LogP contribution is -2.48. The van der Waals surface area contributed by atoms with Crippen molar-refractivity contribution in [3.8, 4) is 0 Å². The number of hydrogen-bond acceptors (Lipinski definition) is 3. The number of carbonyl (C=O) groups is 1. The molecule has 1 aromatic rings. The molecule has 0 saturated heterocycles. The smallest absolute Gasteiger partial charge is 0.407 e. The second-order valence-corrected chi connectivity index (χ2v) is 6.31. The van der Waals surface area contributed by atoms with E-state index in [1.54, 1.807) is 14.0 Å². The Hall–Kier alpha value is -2.24. The van der Waals surface area contributed by atoms with Gasteiger partial charge in [0.25, 0.3) is 0 Å². The summed E-state index contributed by atoms with van der Waals surface area (Å²) in [4.78, 5) is 15.9. The van der Waals surface area contributed by atoms with E-state index in [4.69, 9.17) is 4.74 Å². The van der Waals surface area contributed by atoms with Gasteiger partial charge in [0.1, 0.15) is 0 Å². The number of aliphatic imine (C=N–C) groups is 1. The van der Waals surface area contributed by atoms with Gasteiger partial charge in [-0.05, 0) is 31.2 Å². The van der Waals surface area contributed by atoms with E-state index in [9.17, 15) is 4.79 Å². The quantitative estimate of drug-likeness (QED) is 0.474. The van der Waals surface area contributed by atoms with E-state index in [0.717, 1.165) is 25.3 Å². The van der Waals surface area contributed by atoms with Crippen LogP contribution in [0.25, 0.3) is 0 Å². The van der Waals surface area contributed by atoms with E-state index in [0.29, 0.717) is 19.1 Å². The zero-order chi connectivity index (χ0) is 18.5. The number of ether oxygens (including phenoxy) is 1. The Balaban J connectivity index is 2.41. The molecule has 1 atom stereocenters. The van der Waals surface area contributed by atoms with Crippen molar-refractivity contribution in [3.05, 3.63) is 35.9 Å². The largest absolute Gasteiger partial charge is 0.450 e. The van der Waals surface area contributed by atoms with Gasteiger partial charge in [-0.15, -0.1) is 0 Å². The highest BCUT2D eigenvalue weighted by molar-refractivity contribution is 5.79. The third kappa shape index (κ3) is 9.59. The highest BCUT2D eigenvalue weighted by Gasteiger charge is 2.15. The number of amides is 1. The molecule has 25 heavy (non-hydrogen) atoms. The molecule has 0 heterocycles. The molecule has 1 aromatic carbocycles. The summed E-state index contributed by atoms with van der Waals surface area (Å²) in [5, 5.41) is 9.48. The maximum absolute atomic E-state index is 11.7. The van der Waals surface area contributed by atoms with Crippen molar-refractivity contribution in [2.75, 3.05) is 26.7 Å². The molecule has 6 nitrogen and oxygen atoms in total. The third-order valence-corrected chi connectivity index (χ3v) is 3.64. The zero-order valence-corrected chi connectivity index (χ0v) is 15.8. The van der Waals surface area contributed by atoms with Crippen LogP contribution in [0.4, 0.5) is 4.79 Å². The number of nitrogens with one attached hydrogen (secondary N) is 3. The minimum atomic E-state index is -0.373. The molecule has 1 amide bonds. The highest BCUT2D eigenvalue weighted by atomic mass is 16.5. The Morgan fingerprint density at radius 2 is 1.92 bits per heavy atom. The summed E-state index contributed by atoms with van der Waals surface area (Å²) < 4.78 is 4.98. The van der Waals surface area contributed by atoms with Gasteiger partial charge < -0.3 is 20.7 Å². The molecule has 0 aliphatic rings. The Morgan fingerprint density at radius 3 is 2.52 bits per heavy atom. The number of hydrogen-bond donors (Lipinski definition) is 3. The monoisotopic (exact) mass is 348 g/mol. The van der Waals surface area contributed by atoms with E-state index in [1.807, 2.05) is 18.2 Å². The number of nitrogens with zero attached hydrogens (tertiary/aromatic N) is 1. The SMILES string of the molecule is CCOC(=O)NC(CNC(=NC)NCCc1ccccc1)CC(C)C. The van der Waals surface area contributed by atoms with Gasteiger partial charge in [0.05, 0.1) is 6.61 Å². The maximum atomic E-state index is 11.7. The predicted octanol–water partition coefficient (Wildman–Crippen LogP) is 2.55. The molecule has 1 rings (SSSR count). The van der Waals surface area contributed by atoms with Crippen LogP contribution in [0.2, 0.25) is 0 Å². The fourth-order valence-corrected chi connectivity index (χ4v) is 2.51. The van der Waals surface area contributed by atoms with Crippen LogP contribution in [-0.2, 0) is 11.2 Å². The van der Waals surface area contributed by atoms with E-state index >= 15 is 0 Å². The Labute approximate surface area is 151 Å². The van der Waals surface area contributed by atoms with Gasteiger partial charge in [-0.3, -0.25) is 4.99 Å². The van der Waals surface area contributed by atoms with Crippen LogP contribution in [0.3, 0.4) is 0 Å². The molecule has 0 bridgehead atoms. The Bertz CT molecular complexity index is 517. The second kappa shape index (κ2) is 12.2. The van der Waals surface area contributed by atoms with Gasteiger partial charge in [0.2, 0.25) is 0 Å².